The van der Waals surface area contributed by atoms with Crippen LogP contribution in [-0.4, -0.2) is 48.1 Å². The molecular weight excluding hydrogens is 244 g/mol. The topological polar surface area (TPSA) is 58.6 Å². The lowest BCUT2D eigenvalue weighted by atomic mass is 9.91. The summed E-state index contributed by atoms with van der Waals surface area (Å²) in [5.74, 6) is 0.128. The number of ether oxygens (including phenoxy) is 1. The number of hydrogen-bond donors (Lipinski definition) is 1. The average Bonchev–Trinajstić information content (AvgIpc) is 2.30. The van der Waals surface area contributed by atoms with Crippen LogP contribution < -0.4 is 5.32 Å². The molecule has 5 heteroatoms. The molecule has 0 saturated carbocycles. The van der Waals surface area contributed by atoms with E-state index in [0.29, 0.717) is 13.0 Å². The number of methoxy groups -OCH3 is 1. The third kappa shape index (κ3) is 3.08. The van der Waals surface area contributed by atoms with Gasteiger partial charge in [-0.3, -0.25) is 9.59 Å². The molecule has 1 aliphatic heterocycles. The van der Waals surface area contributed by atoms with Crippen molar-refractivity contribution in [2.45, 2.75) is 58.7 Å². The Hall–Kier alpha value is -1.10. The van der Waals surface area contributed by atoms with Crippen molar-refractivity contribution in [3.8, 4) is 0 Å². The third-order valence-corrected chi connectivity index (χ3v) is 3.69. The van der Waals surface area contributed by atoms with Gasteiger partial charge in [-0.2, -0.15) is 0 Å². The Morgan fingerprint density at radius 1 is 1.37 bits per heavy atom. The Balaban J connectivity index is 3.14. The van der Waals surface area contributed by atoms with Crippen molar-refractivity contribution in [2.24, 2.45) is 5.92 Å². The number of carbonyl (C=O) groups is 2. The van der Waals surface area contributed by atoms with Crippen LogP contribution in [0.3, 0.4) is 0 Å². The predicted molar refractivity (Wildman–Crippen MR) is 73.6 cm³/mol. The molecule has 1 N–H and O–H groups in total. The summed E-state index contributed by atoms with van der Waals surface area (Å²) in [5, 5.41) is 2.80. The van der Waals surface area contributed by atoms with Gasteiger partial charge in [0, 0.05) is 7.11 Å². The lowest BCUT2D eigenvalue weighted by Crippen LogP contribution is -2.71. The minimum absolute atomic E-state index is 0.0327. The molecule has 0 bridgehead atoms. The number of amides is 2. The zero-order valence-corrected chi connectivity index (χ0v) is 12.8. The van der Waals surface area contributed by atoms with E-state index in [2.05, 4.69) is 5.32 Å². The van der Waals surface area contributed by atoms with Gasteiger partial charge in [-0.1, -0.05) is 20.8 Å². The zero-order valence-electron chi connectivity index (χ0n) is 12.8. The minimum Gasteiger partial charge on any atom is -0.383 e. The Bertz CT molecular complexity index is 353. The van der Waals surface area contributed by atoms with Gasteiger partial charge < -0.3 is 15.0 Å². The molecule has 5 nitrogen and oxygen atoms in total. The van der Waals surface area contributed by atoms with Gasteiger partial charge in [0.15, 0.2) is 0 Å². The molecule has 0 aromatic carbocycles. The van der Waals surface area contributed by atoms with E-state index in [4.69, 9.17) is 4.74 Å². The highest BCUT2D eigenvalue weighted by Gasteiger charge is 2.47. The SMILES string of the molecule is CCC1C(=O)NC(C)(C)C(=O)N1C(COC)C(C)C. The van der Waals surface area contributed by atoms with E-state index in [0.717, 1.165) is 0 Å². The maximum absolute atomic E-state index is 12.6. The highest BCUT2D eigenvalue weighted by Crippen LogP contribution is 2.25. The fraction of sp³-hybridized carbons (Fsp3) is 0.857. The second kappa shape index (κ2) is 5.90. The molecular formula is C14H26N2O3. The lowest BCUT2D eigenvalue weighted by molar-refractivity contribution is -0.159. The van der Waals surface area contributed by atoms with Gasteiger partial charge in [0.1, 0.15) is 11.6 Å². The second-order valence-corrected chi connectivity index (χ2v) is 6.02. The summed E-state index contributed by atoms with van der Waals surface area (Å²) in [7, 11) is 1.62. The van der Waals surface area contributed by atoms with Crippen LogP contribution in [0.1, 0.15) is 41.0 Å². The molecule has 2 atom stereocenters. The lowest BCUT2D eigenvalue weighted by Gasteiger charge is -2.47. The Morgan fingerprint density at radius 3 is 2.37 bits per heavy atom. The van der Waals surface area contributed by atoms with Crippen molar-refractivity contribution < 1.29 is 14.3 Å². The molecule has 0 aliphatic carbocycles. The Kier molecular flexibility index (Phi) is 4.96. The molecule has 110 valence electrons. The van der Waals surface area contributed by atoms with Crippen LogP contribution in [0.4, 0.5) is 0 Å². The molecule has 19 heavy (non-hydrogen) atoms. The largest absolute Gasteiger partial charge is 0.383 e. The molecule has 0 spiro atoms. The molecule has 1 heterocycles. The van der Waals surface area contributed by atoms with Crippen molar-refractivity contribution in [3.05, 3.63) is 0 Å². The van der Waals surface area contributed by atoms with Gasteiger partial charge in [0.25, 0.3) is 0 Å². The third-order valence-electron chi connectivity index (χ3n) is 3.69. The van der Waals surface area contributed by atoms with Crippen LogP contribution in [-0.2, 0) is 14.3 Å². The van der Waals surface area contributed by atoms with Gasteiger partial charge in [-0.15, -0.1) is 0 Å². The molecule has 0 aromatic heterocycles. The Morgan fingerprint density at radius 2 is 1.95 bits per heavy atom. The van der Waals surface area contributed by atoms with Crippen molar-refractivity contribution >= 4 is 11.8 Å². The summed E-state index contributed by atoms with van der Waals surface area (Å²) in [6.45, 7) is 9.95. The number of nitrogens with zero attached hydrogens (tertiary/aromatic N) is 1. The maximum atomic E-state index is 12.6. The van der Waals surface area contributed by atoms with Crippen molar-refractivity contribution in [2.75, 3.05) is 13.7 Å². The highest BCUT2D eigenvalue weighted by molar-refractivity contribution is 5.99. The zero-order chi connectivity index (χ0) is 14.8. The molecule has 1 rings (SSSR count). The number of hydrogen-bond acceptors (Lipinski definition) is 3. The van der Waals surface area contributed by atoms with Gasteiger partial charge in [0.2, 0.25) is 11.8 Å². The normalized spacial score (nSPS) is 24.6. The second-order valence-electron chi connectivity index (χ2n) is 6.02. The first-order valence-corrected chi connectivity index (χ1v) is 6.90. The summed E-state index contributed by atoms with van der Waals surface area (Å²) in [4.78, 5) is 26.5. The first-order valence-electron chi connectivity index (χ1n) is 6.90. The summed E-state index contributed by atoms with van der Waals surface area (Å²) in [5.41, 5.74) is -0.844. The maximum Gasteiger partial charge on any atom is 0.248 e. The quantitative estimate of drug-likeness (QED) is 0.816. The first kappa shape index (κ1) is 16.0. The molecule has 1 aliphatic rings. The number of carbonyl (C=O) groups excluding carboxylic acids is 2. The molecule has 2 unspecified atom stereocenters. The van der Waals surface area contributed by atoms with Gasteiger partial charge in [0.05, 0.1) is 12.6 Å². The molecule has 0 aromatic rings. The van der Waals surface area contributed by atoms with Crippen LogP contribution in [0.25, 0.3) is 0 Å². The van der Waals surface area contributed by atoms with E-state index in [9.17, 15) is 9.59 Å². The predicted octanol–water partition coefficient (Wildman–Crippen LogP) is 1.17. The van der Waals surface area contributed by atoms with Gasteiger partial charge in [-0.05, 0) is 26.2 Å². The van der Waals surface area contributed by atoms with E-state index in [1.807, 2.05) is 20.8 Å². The van der Waals surface area contributed by atoms with Crippen molar-refractivity contribution in [3.63, 3.8) is 0 Å². The van der Waals surface area contributed by atoms with Crippen LogP contribution in [0.5, 0.6) is 0 Å². The molecule has 0 radical (unpaired) electrons. The van der Waals surface area contributed by atoms with Gasteiger partial charge >= 0.3 is 0 Å². The minimum atomic E-state index is -0.844. The van der Waals surface area contributed by atoms with E-state index in [1.165, 1.54) is 0 Å². The first-order chi connectivity index (χ1) is 8.76. The summed E-state index contributed by atoms with van der Waals surface area (Å²) < 4.78 is 5.24. The standard InChI is InChI=1S/C14H26N2O3/c1-7-10-12(17)15-14(4,5)13(18)16(10)11(8-19-6)9(2)3/h9-11H,7-8H2,1-6H3,(H,15,17). The number of rotatable bonds is 5. The molecule has 2 amide bonds. The van der Waals surface area contributed by atoms with Crippen molar-refractivity contribution in [1.29, 1.82) is 0 Å². The summed E-state index contributed by atoms with van der Waals surface area (Å²) in [6.07, 6.45) is 0.612. The fourth-order valence-corrected chi connectivity index (χ4v) is 2.56. The van der Waals surface area contributed by atoms with E-state index in [-0.39, 0.29) is 23.8 Å². The fourth-order valence-electron chi connectivity index (χ4n) is 2.56. The Labute approximate surface area is 115 Å². The average molecular weight is 270 g/mol. The molecule has 1 fully saturated rings. The van der Waals surface area contributed by atoms with Crippen LogP contribution in [0, 0.1) is 5.92 Å². The van der Waals surface area contributed by atoms with Crippen molar-refractivity contribution in [1.82, 2.24) is 10.2 Å². The monoisotopic (exact) mass is 270 g/mol. The van der Waals surface area contributed by atoms with Crippen LogP contribution in [0.15, 0.2) is 0 Å². The molecule has 1 saturated heterocycles. The highest BCUT2D eigenvalue weighted by atomic mass is 16.5. The van der Waals surface area contributed by atoms with E-state index >= 15 is 0 Å². The number of nitrogens with one attached hydrogen (secondary N) is 1. The van der Waals surface area contributed by atoms with Crippen LogP contribution >= 0.6 is 0 Å². The van der Waals surface area contributed by atoms with Crippen LogP contribution in [0.2, 0.25) is 0 Å². The van der Waals surface area contributed by atoms with Gasteiger partial charge in [-0.25, -0.2) is 0 Å². The summed E-state index contributed by atoms with van der Waals surface area (Å²) in [6, 6.07) is -0.476. The summed E-state index contributed by atoms with van der Waals surface area (Å²) >= 11 is 0. The number of piperazine rings is 1. The smallest absolute Gasteiger partial charge is 0.248 e. The van der Waals surface area contributed by atoms with E-state index in [1.54, 1.807) is 25.9 Å². The van der Waals surface area contributed by atoms with E-state index < -0.39 is 11.6 Å².